The van der Waals surface area contributed by atoms with E-state index < -0.39 is 23.2 Å². The zero-order chi connectivity index (χ0) is 26.1. The van der Waals surface area contributed by atoms with Gasteiger partial charge in [0.2, 0.25) is 0 Å². The first-order valence-corrected chi connectivity index (χ1v) is 12.8. The first-order chi connectivity index (χ1) is 18.6. The number of halogens is 2. The van der Waals surface area contributed by atoms with Gasteiger partial charge in [-0.1, -0.05) is 6.07 Å². The molecule has 4 aromatic heterocycles. The van der Waals surface area contributed by atoms with Crippen molar-refractivity contribution in [2.45, 2.75) is 25.5 Å². The summed E-state index contributed by atoms with van der Waals surface area (Å²) >= 11 is 1.22. The molecule has 0 radical (unpaired) electrons. The lowest BCUT2D eigenvalue weighted by Gasteiger charge is -2.23. The SMILES string of the molecule is O=C(Nc1ccc(F)c(Nc2ncccc2-c2ncnc3c2ncn3C2CCCCO2)c1F)c1cccs1. The summed E-state index contributed by atoms with van der Waals surface area (Å²) in [6.45, 7) is 0.670. The number of nitrogens with zero attached hydrogens (tertiary/aromatic N) is 5. The fourth-order valence-electron chi connectivity index (χ4n) is 4.37. The van der Waals surface area contributed by atoms with E-state index >= 15 is 4.39 Å². The summed E-state index contributed by atoms with van der Waals surface area (Å²) in [4.78, 5) is 30.5. The monoisotopic (exact) mass is 533 g/mol. The first kappa shape index (κ1) is 24.1. The number of thiophene rings is 1. The summed E-state index contributed by atoms with van der Waals surface area (Å²) in [6, 6.07) is 9.00. The summed E-state index contributed by atoms with van der Waals surface area (Å²) < 4.78 is 38.0. The lowest BCUT2D eigenvalue weighted by molar-refractivity contribution is -0.0298. The number of ether oxygens (including phenoxy) is 1. The molecule has 0 spiro atoms. The Balaban J connectivity index is 1.36. The van der Waals surface area contributed by atoms with Crippen LogP contribution in [0.3, 0.4) is 0 Å². The van der Waals surface area contributed by atoms with Gasteiger partial charge in [0.05, 0.1) is 16.9 Å². The van der Waals surface area contributed by atoms with Crippen LogP contribution in [0.2, 0.25) is 0 Å². The molecular formula is C26H21F2N7O2S. The second-order valence-corrected chi connectivity index (χ2v) is 9.56. The van der Waals surface area contributed by atoms with Crippen LogP contribution in [-0.4, -0.2) is 37.0 Å². The van der Waals surface area contributed by atoms with E-state index in [1.165, 1.54) is 29.9 Å². The zero-order valence-electron chi connectivity index (χ0n) is 19.9. The van der Waals surface area contributed by atoms with Gasteiger partial charge in [0.15, 0.2) is 11.5 Å². The molecule has 12 heteroatoms. The second-order valence-electron chi connectivity index (χ2n) is 8.61. The third-order valence-corrected chi connectivity index (χ3v) is 7.08. The third-order valence-electron chi connectivity index (χ3n) is 6.22. The first-order valence-electron chi connectivity index (χ1n) is 11.9. The summed E-state index contributed by atoms with van der Waals surface area (Å²) in [6.07, 6.45) is 7.32. The Morgan fingerprint density at radius 2 is 2.00 bits per heavy atom. The van der Waals surface area contributed by atoms with Crippen LogP contribution in [0.15, 0.2) is 60.6 Å². The number of carbonyl (C=O) groups excluding carboxylic acids is 1. The fraction of sp³-hybridized carbons (Fsp3) is 0.192. The number of hydrogen-bond acceptors (Lipinski definition) is 8. The minimum absolute atomic E-state index is 0.162. The van der Waals surface area contributed by atoms with E-state index in [0.29, 0.717) is 33.9 Å². The summed E-state index contributed by atoms with van der Waals surface area (Å²) in [5.74, 6) is -2.13. The normalized spacial score (nSPS) is 15.5. The standard InChI is InChI=1S/C26H21F2N7O2S/c27-16-8-9-17(33-26(36)18-6-4-12-38-18)20(28)22(16)34-24-15(5-3-10-29-24)21-23-25(31-13-30-21)35(14-32-23)19-7-1-2-11-37-19/h3-6,8-10,12-14,19H,1-2,7,11H2,(H,29,34)(H,33,36). The van der Waals surface area contributed by atoms with Gasteiger partial charge >= 0.3 is 0 Å². The fourth-order valence-corrected chi connectivity index (χ4v) is 4.99. The van der Waals surface area contributed by atoms with E-state index in [-0.39, 0.29) is 17.7 Å². The largest absolute Gasteiger partial charge is 0.358 e. The quantitative estimate of drug-likeness (QED) is 0.279. The Labute approximate surface area is 219 Å². The molecule has 5 aromatic rings. The van der Waals surface area contributed by atoms with E-state index in [4.69, 9.17) is 4.74 Å². The molecule has 1 aliphatic heterocycles. The minimum Gasteiger partial charge on any atom is -0.358 e. The van der Waals surface area contributed by atoms with Gasteiger partial charge in [-0.05, 0) is 55.0 Å². The zero-order valence-corrected chi connectivity index (χ0v) is 20.7. The van der Waals surface area contributed by atoms with Gasteiger partial charge < -0.3 is 15.4 Å². The number of benzene rings is 1. The highest BCUT2D eigenvalue weighted by molar-refractivity contribution is 7.12. The molecule has 5 heterocycles. The molecule has 1 aliphatic rings. The Morgan fingerprint density at radius 3 is 2.82 bits per heavy atom. The molecule has 38 heavy (non-hydrogen) atoms. The number of amides is 1. The van der Waals surface area contributed by atoms with Crippen molar-refractivity contribution in [3.63, 3.8) is 0 Å². The summed E-state index contributed by atoms with van der Waals surface area (Å²) in [5.41, 5.74) is 1.40. The van der Waals surface area contributed by atoms with Gasteiger partial charge in [0, 0.05) is 18.4 Å². The van der Waals surface area contributed by atoms with Crippen molar-refractivity contribution in [3.05, 3.63) is 77.1 Å². The maximum absolute atomic E-state index is 15.4. The molecular weight excluding hydrogens is 512 g/mol. The number of nitrogens with one attached hydrogen (secondary N) is 2. The molecule has 0 bridgehead atoms. The van der Waals surface area contributed by atoms with Crippen LogP contribution in [-0.2, 0) is 4.74 Å². The van der Waals surface area contributed by atoms with Crippen molar-refractivity contribution >= 4 is 45.6 Å². The van der Waals surface area contributed by atoms with E-state index in [1.54, 1.807) is 36.0 Å². The summed E-state index contributed by atoms with van der Waals surface area (Å²) in [7, 11) is 0. The second kappa shape index (κ2) is 10.2. The number of pyridine rings is 1. The molecule has 1 aromatic carbocycles. The van der Waals surface area contributed by atoms with Crippen molar-refractivity contribution in [2.75, 3.05) is 17.2 Å². The molecule has 0 aliphatic carbocycles. The van der Waals surface area contributed by atoms with Gasteiger partial charge in [-0.15, -0.1) is 11.3 Å². The Kier molecular flexibility index (Phi) is 6.48. The molecule has 2 N–H and O–H groups in total. The topological polar surface area (TPSA) is 107 Å². The number of hydrogen-bond donors (Lipinski definition) is 2. The summed E-state index contributed by atoms with van der Waals surface area (Å²) in [5, 5.41) is 6.99. The molecule has 192 valence electrons. The van der Waals surface area contributed by atoms with Crippen LogP contribution < -0.4 is 10.6 Å². The minimum atomic E-state index is -0.960. The molecule has 1 saturated heterocycles. The average molecular weight is 534 g/mol. The van der Waals surface area contributed by atoms with Crippen molar-refractivity contribution in [2.24, 2.45) is 0 Å². The lowest BCUT2D eigenvalue weighted by atomic mass is 10.1. The van der Waals surface area contributed by atoms with Gasteiger partial charge in [-0.3, -0.25) is 9.36 Å². The molecule has 1 amide bonds. The van der Waals surface area contributed by atoms with Gasteiger partial charge in [-0.25, -0.2) is 28.7 Å². The van der Waals surface area contributed by atoms with Crippen LogP contribution in [0.1, 0.15) is 35.2 Å². The molecule has 6 rings (SSSR count). The highest BCUT2D eigenvalue weighted by Gasteiger charge is 2.23. The number of aromatic nitrogens is 5. The van der Waals surface area contributed by atoms with Crippen LogP contribution >= 0.6 is 11.3 Å². The molecule has 1 unspecified atom stereocenters. The van der Waals surface area contributed by atoms with E-state index in [0.717, 1.165) is 25.3 Å². The van der Waals surface area contributed by atoms with Crippen molar-refractivity contribution in [1.82, 2.24) is 24.5 Å². The van der Waals surface area contributed by atoms with E-state index in [2.05, 4.69) is 30.6 Å². The Bertz CT molecular complexity index is 1620. The maximum atomic E-state index is 15.4. The smallest absolute Gasteiger partial charge is 0.265 e. The number of rotatable bonds is 6. The Hall–Kier alpha value is -4.29. The molecule has 9 nitrogen and oxygen atoms in total. The highest BCUT2D eigenvalue weighted by atomic mass is 32.1. The Morgan fingerprint density at radius 1 is 1.08 bits per heavy atom. The molecule has 1 atom stereocenters. The van der Waals surface area contributed by atoms with Crippen LogP contribution in [0, 0.1) is 11.6 Å². The number of fused-ring (bicyclic) bond motifs is 1. The predicted octanol–water partition coefficient (Wildman–Crippen LogP) is 5.92. The van der Waals surface area contributed by atoms with Gasteiger partial charge in [-0.2, -0.15) is 0 Å². The van der Waals surface area contributed by atoms with Crippen molar-refractivity contribution in [1.29, 1.82) is 0 Å². The number of carbonyl (C=O) groups is 1. The maximum Gasteiger partial charge on any atom is 0.265 e. The van der Waals surface area contributed by atoms with Crippen LogP contribution in [0.25, 0.3) is 22.4 Å². The average Bonchev–Trinajstić information content (AvgIpc) is 3.64. The lowest BCUT2D eigenvalue weighted by Crippen LogP contribution is -2.17. The van der Waals surface area contributed by atoms with Crippen molar-refractivity contribution < 1.29 is 18.3 Å². The molecule has 0 saturated carbocycles. The number of anilines is 3. The number of imidazole rings is 1. The highest BCUT2D eigenvalue weighted by Crippen LogP contribution is 2.35. The van der Waals surface area contributed by atoms with E-state index in [1.807, 2.05) is 4.57 Å². The third kappa shape index (κ3) is 4.48. The van der Waals surface area contributed by atoms with Gasteiger partial charge in [0.25, 0.3) is 5.91 Å². The van der Waals surface area contributed by atoms with Crippen molar-refractivity contribution in [3.8, 4) is 11.3 Å². The van der Waals surface area contributed by atoms with E-state index in [9.17, 15) is 9.18 Å². The van der Waals surface area contributed by atoms with Crippen LogP contribution in [0.5, 0.6) is 0 Å². The predicted molar refractivity (Wildman–Crippen MR) is 139 cm³/mol. The van der Waals surface area contributed by atoms with Crippen LogP contribution in [0.4, 0.5) is 26.0 Å². The molecule has 1 fully saturated rings. The van der Waals surface area contributed by atoms with Gasteiger partial charge in [0.1, 0.15) is 41.1 Å².